The van der Waals surface area contributed by atoms with Crippen LogP contribution in [0.15, 0.2) is 24.4 Å². The minimum Gasteiger partial charge on any atom is -0.329 e. The van der Waals surface area contributed by atoms with Crippen LogP contribution in [-0.2, 0) is 6.42 Å². The predicted octanol–water partition coefficient (Wildman–Crippen LogP) is 2.32. The van der Waals surface area contributed by atoms with Gasteiger partial charge in [-0.2, -0.15) is 0 Å². The molecule has 0 amide bonds. The minimum atomic E-state index is 0.480. The van der Waals surface area contributed by atoms with Crippen LogP contribution in [0.4, 0.5) is 0 Å². The summed E-state index contributed by atoms with van der Waals surface area (Å²) in [6.07, 6.45) is 5.32. The Morgan fingerprint density at radius 3 is 2.72 bits per heavy atom. The highest BCUT2D eigenvalue weighted by Crippen LogP contribution is 2.15. The smallest absolute Gasteiger partial charge is 0.0416 e. The van der Waals surface area contributed by atoms with Gasteiger partial charge in [-0.1, -0.05) is 26.3 Å². The van der Waals surface area contributed by atoms with Crippen LogP contribution in [-0.4, -0.2) is 36.1 Å². The monoisotopic (exact) mass is 249 g/mol. The molecule has 0 spiro atoms. The second-order valence-corrected chi connectivity index (χ2v) is 5.12. The largest absolute Gasteiger partial charge is 0.329 e. The molecule has 0 aromatic carbocycles. The molecule has 2 unspecified atom stereocenters. The van der Waals surface area contributed by atoms with Crippen LogP contribution in [0.3, 0.4) is 0 Å². The lowest BCUT2D eigenvalue weighted by Crippen LogP contribution is -2.43. The van der Waals surface area contributed by atoms with Gasteiger partial charge < -0.3 is 10.6 Å². The lowest BCUT2D eigenvalue weighted by molar-refractivity contribution is 0.183. The Labute approximate surface area is 111 Å². The second kappa shape index (κ2) is 8.22. The fraction of sp³-hybridized carbons (Fsp3) is 0.667. The van der Waals surface area contributed by atoms with Crippen molar-refractivity contribution in [3.63, 3.8) is 0 Å². The lowest BCUT2D eigenvalue weighted by Gasteiger charge is -2.31. The highest BCUT2D eigenvalue weighted by Gasteiger charge is 2.19. The summed E-state index contributed by atoms with van der Waals surface area (Å²) in [6, 6.07) is 6.57. The van der Waals surface area contributed by atoms with E-state index < -0.39 is 0 Å². The molecule has 102 valence electrons. The molecule has 0 radical (unpaired) electrons. The van der Waals surface area contributed by atoms with Gasteiger partial charge in [-0.15, -0.1) is 0 Å². The van der Waals surface area contributed by atoms with E-state index in [1.807, 2.05) is 18.3 Å². The van der Waals surface area contributed by atoms with E-state index in [1.165, 1.54) is 12.8 Å². The van der Waals surface area contributed by atoms with Gasteiger partial charge in [0.15, 0.2) is 0 Å². The Hall–Kier alpha value is -0.930. The molecule has 2 N–H and O–H groups in total. The molecule has 1 heterocycles. The van der Waals surface area contributed by atoms with Crippen molar-refractivity contribution in [3.8, 4) is 0 Å². The first-order chi connectivity index (χ1) is 8.69. The van der Waals surface area contributed by atoms with Gasteiger partial charge >= 0.3 is 0 Å². The van der Waals surface area contributed by atoms with Crippen molar-refractivity contribution in [3.05, 3.63) is 30.1 Å². The van der Waals surface area contributed by atoms with Gasteiger partial charge in [-0.3, -0.25) is 4.98 Å². The third kappa shape index (κ3) is 4.75. The van der Waals surface area contributed by atoms with E-state index in [2.05, 4.69) is 36.8 Å². The standard InChI is InChI=1S/C15H27N3/c1-4-7-13(2)15(12-16)18(3)11-9-14-8-5-6-10-17-14/h5-6,8,10,13,15H,4,7,9,11-12,16H2,1-3H3. The predicted molar refractivity (Wildman–Crippen MR) is 77.5 cm³/mol. The summed E-state index contributed by atoms with van der Waals surface area (Å²) < 4.78 is 0. The van der Waals surface area contributed by atoms with E-state index in [-0.39, 0.29) is 0 Å². The summed E-state index contributed by atoms with van der Waals surface area (Å²) in [7, 11) is 2.17. The zero-order chi connectivity index (χ0) is 13.4. The number of pyridine rings is 1. The summed E-state index contributed by atoms with van der Waals surface area (Å²) >= 11 is 0. The van der Waals surface area contributed by atoms with E-state index in [0.717, 1.165) is 25.2 Å². The highest BCUT2D eigenvalue weighted by molar-refractivity contribution is 5.03. The number of hydrogen-bond acceptors (Lipinski definition) is 3. The first kappa shape index (κ1) is 15.1. The Bertz CT molecular complexity index is 313. The van der Waals surface area contributed by atoms with Crippen molar-refractivity contribution in [2.75, 3.05) is 20.1 Å². The van der Waals surface area contributed by atoms with Crippen molar-refractivity contribution in [2.24, 2.45) is 11.7 Å². The fourth-order valence-corrected chi connectivity index (χ4v) is 2.50. The third-order valence-corrected chi connectivity index (χ3v) is 3.66. The number of rotatable bonds is 8. The molecule has 0 aliphatic carbocycles. The maximum absolute atomic E-state index is 5.92. The number of aromatic nitrogens is 1. The number of nitrogens with zero attached hydrogens (tertiary/aromatic N) is 2. The SMILES string of the molecule is CCCC(C)C(CN)N(C)CCc1ccccn1. The van der Waals surface area contributed by atoms with Crippen LogP contribution in [0.2, 0.25) is 0 Å². The first-order valence-corrected chi connectivity index (χ1v) is 6.99. The van der Waals surface area contributed by atoms with Crippen LogP contribution in [0.1, 0.15) is 32.4 Å². The van der Waals surface area contributed by atoms with E-state index >= 15 is 0 Å². The maximum atomic E-state index is 5.92. The summed E-state index contributed by atoms with van der Waals surface area (Å²) in [6.45, 7) is 6.29. The maximum Gasteiger partial charge on any atom is 0.0416 e. The van der Waals surface area contributed by atoms with Crippen molar-refractivity contribution in [1.29, 1.82) is 0 Å². The zero-order valence-corrected chi connectivity index (χ0v) is 12.0. The summed E-state index contributed by atoms with van der Waals surface area (Å²) in [5.41, 5.74) is 7.07. The van der Waals surface area contributed by atoms with Gasteiger partial charge in [0, 0.05) is 37.4 Å². The molecule has 1 rings (SSSR count). The van der Waals surface area contributed by atoms with Crippen molar-refractivity contribution >= 4 is 0 Å². The van der Waals surface area contributed by atoms with Crippen LogP contribution >= 0.6 is 0 Å². The number of nitrogens with two attached hydrogens (primary N) is 1. The molecule has 1 aromatic rings. The van der Waals surface area contributed by atoms with Crippen molar-refractivity contribution < 1.29 is 0 Å². The highest BCUT2D eigenvalue weighted by atomic mass is 15.1. The second-order valence-electron chi connectivity index (χ2n) is 5.12. The average molecular weight is 249 g/mol. The summed E-state index contributed by atoms with van der Waals surface area (Å²) in [5, 5.41) is 0. The van der Waals surface area contributed by atoms with E-state index in [9.17, 15) is 0 Å². The Kier molecular flexibility index (Phi) is 6.91. The van der Waals surface area contributed by atoms with E-state index in [4.69, 9.17) is 5.73 Å². The van der Waals surface area contributed by atoms with Gasteiger partial charge in [0.1, 0.15) is 0 Å². The van der Waals surface area contributed by atoms with Crippen LogP contribution in [0.25, 0.3) is 0 Å². The summed E-state index contributed by atoms with van der Waals surface area (Å²) in [5.74, 6) is 0.661. The molecule has 3 nitrogen and oxygen atoms in total. The quantitative estimate of drug-likeness (QED) is 0.769. The fourth-order valence-electron chi connectivity index (χ4n) is 2.50. The molecule has 0 saturated heterocycles. The summed E-state index contributed by atoms with van der Waals surface area (Å²) in [4.78, 5) is 6.74. The number of likely N-dealkylation sites (N-methyl/N-ethyl adjacent to an activating group) is 1. The molecule has 2 atom stereocenters. The van der Waals surface area contributed by atoms with Crippen molar-refractivity contribution in [2.45, 2.75) is 39.2 Å². The minimum absolute atomic E-state index is 0.480. The molecule has 18 heavy (non-hydrogen) atoms. The average Bonchev–Trinajstić information content (AvgIpc) is 2.39. The van der Waals surface area contributed by atoms with Gasteiger partial charge in [0.25, 0.3) is 0 Å². The van der Waals surface area contributed by atoms with Gasteiger partial charge in [-0.25, -0.2) is 0 Å². The van der Waals surface area contributed by atoms with Gasteiger partial charge in [0.05, 0.1) is 0 Å². The molecule has 0 fully saturated rings. The van der Waals surface area contributed by atoms with E-state index in [1.54, 1.807) is 0 Å². The zero-order valence-electron chi connectivity index (χ0n) is 12.0. The molecule has 3 heteroatoms. The Morgan fingerprint density at radius 2 is 2.17 bits per heavy atom. The molecular weight excluding hydrogens is 222 g/mol. The number of hydrogen-bond donors (Lipinski definition) is 1. The lowest BCUT2D eigenvalue weighted by atomic mass is 9.95. The van der Waals surface area contributed by atoms with Crippen molar-refractivity contribution in [1.82, 2.24) is 9.88 Å². The topological polar surface area (TPSA) is 42.1 Å². The molecule has 0 bridgehead atoms. The van der Waals surface area contributed by atoms with Gasteiger partial charge in [0.2, 0.25) is 0 Å². The van der Waals surface area contributed by atoms with Gasteiger partial charge in [-0.05, 0) is 31.5 Å². The Morgan fingerprint density at radius 1 is 1.39 bits per heavy atom. The van der Waals surface area contributed by atoms with Crippen LogP contribution in [0, 0.1) is 5.92 Å². The third-order valence-electron chi connectivity index (χ3n) is 3.66. The van der Waals surface area contributed by atoms with Crippen LogP contribution in [0.5, 0.6) is 0 Å². The first-order valence-electron chi connectivity index (χ1n) is 6.99. The molecule has 1 aromatic heterocycles. The van der Waals surface area contributed by atoms with Crippen LogP contribution < -0.4 is 5.73 Å². The molecule has 0 aliphatic rings. The normalized spacial score (nSPS) is 14.7. The molecule has 0 aliphatic heterocycles. The molecular formula is C15H27N3. The molecule has 0 saturated carbocycles. The Balaban J connectivity index is 2.44. The van der Waals surface area contributed by atoms with E-state index in [0.29, 0.717) is 12.0 Å².